The maximum Gasteiger partial charge on any atom is 0.252 e. The van der Waals surface area contributed by atoms with Gasteiger partial charge in [-0.25, -0.2) is 9.97 Å². The molecule has 0 saturated heterocycles. The van der Waals surface area contributed by atoms with E-state index in [4.69, 9.17) is 11.6 Å². The van der Waals surface area contributed by atoms with E-state index in [1.165, 1.54) is 0 Å². The molecule has 0 fully saturated rings. The second-order valence-electron chi connectivity index (χ2n) is 5.69. The molecular weight excluding hydrogens is 336 g/mol. The number of aromatic nitrogens is 2. The molecule has 1 amide bonds. The molecule has 2 aromatic carbocycles. The molecule has 0 aliphatic carbocycles. The van der Waals surface area contributed by atoms with Crippen LogP contribution in [0.25, 0.3) is 11.0 Å². The van der Waals surface area contributed by atoms with Gasteiger partial charge in [-0.2, -0.15) is 5.26 Å². The van der Waals surface area contributed by atoms with E-state index in [9.17, 15) is 10.1 Å². The number of rotatable bonds is 3. The first-order valence-corrected chi connectivity index (χ1v) is 8.06. The lowest BCUT2D eigenvalue weighted by molar-refractivity contribution is 0.0945. The molecule has 0 spiro atoms. The third kappa shape index (κ3) is 3.59. The second-order valence-corrected chi connectivity index (χ2v) is 6.12. The number of nitrogens with zero attached hydrogens (tertiary/aromatic N) is 3. The van der Waals surface area contributed by atoms with Crippen LogP contribution in [0, 0.1) is 25.2 Å². The Balaban J connectivity index is 1.88. The molecule has 0 saturated carbocycles. The number of hydrogen-bond donors (Lipinski definition) is 1. The zero-order valence-electron chi connectivity index (χ0n) is 13.7. The molecule has 0 aliphatic heterocycles. The zero-order chi connectivity index (χ0) is 18.0. The Bertz CT molecular complexity index is 1010. The van der Waals surface area contributed by atoms with Crippen molar-refractivity contribution in [2.75, 3.05) is 0 Å². The van der Waals surface area contributed by atoms with Crippen LogP contribution in [0.1, 0.15) is 33.4 Å². The van der Waals surface area contributed by atoms with E-state index in [1.54, 1.807) is 42.5 Å². The lowest BCUT2D eigenvalue weighted by Gasteiger charge is -2.13. The Kier molecular flexibility index (Phi) is 4.64. The number of carbonyl (C=O) groups excluding carboxylic acids is 1. The summed E-state index contributed by atoms with van der Waals surface area (Å²) in [6.07, 6.45) is 0. The van der Waals surface area contributed by atoms with Crippen molar-refractivity contribution in [1.29, 1.82) is 5.26 Å². The Morgan fingerprint density at radius 3 is 2.52 bits per heavy atom. The molecule has 1 unspecified atom stereocenters. The van der Waals surface area contributed by atoms with Crippen LogP contribution in [0.4, 0.5) is 0 Å². The number of fused-ring (bicyclic) bond motifs is 1. The fraction of sp³-hybridized carbons (Fsp3) is 0.158. The van der Waals surface area contributed by atoms with Gasteiger partial charge >= 0.3 is 0 Å². The zero-order valence-corrected chi connectivity index (χ0v) is 14.5. The molecule has 1 aromatic heterocycles. The van der Waals surface area contributed by atoms with Gasteiger partial charge in [-0.05, 0) is 49.7 Å². The van der Waals surface area contributed by atoms with Crippen LogP contribution in [0.15, 0.2) is 42.5 Å². The minimum atomic E-state index is -0.785. The van der Waals surface area contributed by atoms with Crippen LogP contribution in [-0.2, 0) is 0 Å². The van der Waals surface area contributed by atoms with Gasteiger partial charge in [0.15, 0.2) is 0 Å². The van der Waals surface area contributed by atoms with Gasteiger partial charge < -0.3 is 5.32 Å². The molecule has 1 heterocycles. The second kappa shape index (κ2) is 6.88. The first-order valence-electron chi connectivity index (χ1n) is 7.69. The van der Waals surface area contributed by atoms with E-state index in [1.807, 2.05) is 13.8 Å². The summed E-state index contributed by atoms with van der Waals surface area (Å²) in [4.78, 5) is 21.4. The lowest BCUT2D eigenvalue weighted by atomic mass is 10.1. The van der Waals surface area contributed by atoms with Crippen molar-refractivity contribution in [3.05, 3.63) is 70.0 Å². The Labute approximate surface area is 150 Å². The van der Waals surface area contributed by atoms with Gasteiger partial charge in [0.2, 0.25) is 0 Å². The monoisotopic (exact) mass is 350 g/mol. The largest absolute Gasteiger partial charge is 0.332 e. The van der Waals surface area contributed by atoms with E-state index >= 15 is 0 Å². The highest BCUT2D eigenvalue weighted by Crippen LogP contribution is 2.19. The average molecular weight is 351 g/mol. The molecule has 3 aromatic rings. The predicted octanol–water partition coefficient (Wildman–Crippen LogP) is 3.89. The molecule has 0 radical (unpaired) electrons. The van der Waals surface area contributed by atoms with Crippen molar-refractivity contribution >= 4 is 28.5 Å². The van der Waals surface area contributed by atoms with E-state index in [2.05, 4.69) is 21.4 Å². The number of amides is 1. The summed E-state index contributed by atoms with van der Waals surface area (Å²) in [5, 5.41) is 12.6. The first kappa shape index (κ1) is 16.9. The topological polar surface area (TPSA) is 78.7 Å². The van der Waals surface area contributed by atoms with Crippen LogP contribution in [-0.4, -0.2) is 15.9 Å². The van der Waals surface area contributed by atoms with Gasteiger partial charge in [-0.15, -0.1) is 0 Å². The summed E-state index contributed by atoms with van der Waals surface area (Å²) in [6, 6.07) is 13.3. The van der Waals surface area contributed by atoms with Gasteiger partial charge in [0.25, 0.3) is 5.91 Å². The van der Waals surface area contributed by atoms with Crippen molar-refractivity contribution in [1.82, 2.24) is 15.3 Å². The van der Waals surface area contributed by atoms with Crippen LogP contribution in [0.2, 0.25) is 5.02 Å². The summed E-state index contributed by atoms with van der Waals surface area (Å²) >= 11 is 5.96. The summed E-state index contributed by atoms with van der Waals surface area (Å²) < 4.78 is 0. The third-order valence-corrected chi connectivity index (χ3v) is 4.16. The highest BCUT2D eigenvalue weighted by molar-refractivity contribution is 6.30. The standard InChI is InChI=1S/C19H15ClN4O/c1-11-12(2)23-17-9-14(6-7-16(17)22-11)19(25)24-18(10-21)13-4-3-5-15(20)8-13/h3-9,18H,1-2H3,(H,24,25). The molecule has 124 valence electrons. The van der Waals surface area contributed by atoms with Crippen LogP contribution in [0.5, 0.6) is 0 Å². The van der Waals surface area contributed by atoms with Crippen molar-refractivity contribution in [3.63, 3.8) is 0 Å². The van der Waals surface area contributed by atoms with E-state index in [0.717, 1.165) is 16.9 Å². The molecule has 6 heteroatoms. The highest BCUT2D eigenvalue weighted by atomic mass is 35.5. The Morgan fingerprint density at radius 1 is 1.12 bits per heavy atom. The molecule has 0 aliphatic rings. The molecule has 3 rings (SSSR count). The quantitative estimate of drug-likeness (QED) is 0.777. The normalized spacial score (nSPS) is 11.8. The van der Waals surface area contributed by atoms with E-state index < -0.39 is 6.04 Å². The first-order chi connectivity index (χ1) is 12.0. The van der Waals surface area contributed by atoms with Gasteiger partial charge in [0, 0.05) is 10.6 Å². The van der Waals surface area contributed by atoms with E-state index in [-0.39, 0.29) is 5.91 Å². The number of nitriles is 1. The van der Waals surface area contributed by atoms with Crippen LogP contribution in [0.3, 0.4) is 0 Å². The van der Waals surface area contributed by atoms with Gasteiger partial charge in [-0.1, -0.05) is 23.7 Å². The molecule has 1 atom stereocenters. The Morgan fingerprint density at radius 2 is 1.84 bits per heavy atom. The fourth-order valence-corrected chi connectivity index (χ4v) is 2.66. The van der Waals surface area contributed by atoms with Crippen molar-refractivity contribution < 1.29 is 4.79 Å². The van der Waals surface area contributed by atoms with Gasteiger partial charge in [0.05, 0.1) is 28.5 Å². The summed E-state index contributed by atoms with van der Waals surface area (Å²) in [7, 11) is 0. The number of nitrogens with one attached hydrogen (secondary N) is 1. The highest BCUT2D eigenvalue weighted by Gasteiger charge is 2.16. The van der Waals surface area contributed by atoms with Gasteiger partial charge in [-0.3, -0.25) is 4.79 Å². The minimum Gasteiger partial charge on any atom is -0.332 e. The summed E-state index contributed by atoms with van der Waals surface area (Å²) in [5.74, 6) is -0.353. The number of aryl methyl sites for hydroxylation is 2. The van der Waals surface area contributed by atoms with Crippen LogP contribution < -0.4 is 5.32 Å². The third-order valence-electron chi connectivity index (χ3n) is 3.92. The smallest absolute Gasteiger partial charge is 0.252 e. The molecule has 1 N–H and O–H groups in total. The SMILES string of the molecule is Cc1nc2ccc(C(=O)NC(C#N)c3cccc(Cl)c3)cc2nc1C. The number of hydrogen-bond acceptors (Lipinski definition) is 4. The predicted molar refractivity (Wildman–Crippen MR) is 96.3 cm³/mol. The molecular formula is C19H15ClN4O. The fourth-order valence-electron chi connectivity index (χ4n) is 2.46. The maximum absolute atomic E-state index is 12.5. The lowest BCUT2D eigenvalue weighted by Crippen LogP contribution is -2.27. The average Bonchev–Trinajstić information content (AvgIpc) is 2.60. The van der Waals surface area contributed by atoms with Crippen molar-refractivity contribution in [2.45, 2.75) is 19.9 Å². The van der Waals surface area contributed by atoms with Gasteiger partial charge in [0.1, 0.15) is 6.04 Å². The number of halogens is 1. The van der Waals surface area contributed by atoms with Crippen molar-refractivity contribution in [2.24, 2.45) is 0 Å². The van der Waals surface area contributed by atoms with E-state index in [0.29, 0.717) is 21.7 Å². The summed E-state index contributed by atoms with van der Waals surface area (Å²) in [5.41, 5.74) is 4.11. The summed E-state index contributed by atoms with van der Waals surface area (Å²) in [6.45, 7) is 3.77. The minimum absolute atomic E-state index is 0.353. The Hall–Kier alpha value is -2.97. The molecule has 0 bridgehead atoms. The molecule has 5 nitrogen and oxygen atoms in total. The molecule has 25 heavy (non-hydrogen) atoms. The van der Waals surface area contributed by atoms with Crippen molar-refractivity contribution in [3.8, 4) is 6.07 Å². The number of carbonyl (C=O) groups is 1. The maximum atomic E-state index is 12.5. The number of benzene rings is 2. The van der Waals surface area contributed by atoms with Crippen LogP contribution >= 0.6 is 11.6 Å².